The number of carboxylic acid groups (broad SMARTS) is 1. The largest absolute Gasteiger partial charge is 0.481 e. The van der Waals surface area contributed by atoms with Gasteiger partial charge in [0.25, 0.3) is 5.91 Å². The molecule has 1 aliphatic rings. The zero-order chi connectivity index (χ0) is 19.6. The Kier molecular flexibility index (Phi) is 5.17. The normalized spacial score (nSPS) is 22.2. The molecule has 1 aromatic heterocycles. The van der Waals surface area contributed by atoms with Gasteiger partial charge in [-0.3, -0.25) is 14.4 Å². The Morgan fingerprint density at radius 1 is 1.11 bits per heavy atom. The highest BCUT2D eigenvalue weighted by Crippen LogP contribution is 2.34. The van der Waals surface area contributed by atoms with Crippen LogP contribution in [0.15, 0.2) is 40.8 Å². The number of furan rings is 1. The lowest BCUT2D eigenvalue weighted by Crippen LogP contribution is -2.55. The molecule has 2 unspecified atom stereocenters. The van der Waals surface area contributed by atoms with Gasteiger partial charge in [-0.1, -0.05) is 37.1 Å². The molecular formula is C21H23NO5. The first-order chi connectivity index (χ1) is 12.8. The summed E-state index contributed by atoms with van der Waals surface area (Å²) < 4.78 is 5.67. The number of Topliss-reactive ketones (excluding diaryl/α,β-unsaturated/α-hetero) is 1. The first-order valence-corrected chi connectivity index (χ1v) is 9.07. The van der Waals surface area contributed by atoms with Gasteiger partial charge in [0.1, 0.15) is 5.76 Å². The summed E-state index contributed by atoms with van der Waals surface area (Å²) in [4.78, 5) is 35.5. The van der Waals surface area contributed by atoms with Crippen LogP contribution in [0.25, 0.3) is 11.3 Å². The number of aliphatic carboxylic acids is 1. The van der Waals surface area contributed by atoms with E-state index in [1.807, 2.05) is 0 Å². The second-order valence-electron chi connectivity index (χ2n) is 7.31. The first-order valence-electron chi connectivity index (χ1n) is 9.07. The quantitative estimate of drug-likeness (QED) is 0.779. The third-order valence-electron chi connectivity index (χ3n) is 5.31. The van der Waals surface area contributed by atoms with Crippen molar-refractivity contribution in [2.24, 2.45) is 5.92 Å². The van der Waals surface area contributed by atoms with E-state index >= 15 is 0 Å². The molecule has 3 rings (SSSR count). The molecule has 27 heavy (non-hydrogen) atoms. The van der Waals surface area contributed by atoms with Crippen LogP contribution in [0.3, 0.4) is 0 Å². The minimum Gasteiger partial charge on any atom is -0.481 e. The smallest absolute Gasteiger partial charge is 0.308 e. The van der Waals surface area contributed by atoms with Gasteiger partial charge in [0, 0.05) is 11.1 Å². The molecule has 0 radical (unpaired) electrons. The third-order valence-corrected chi connectivity index (χ3v) is 5.31. The summed E-state index contributed by atoms with van der Waals surface area (Å²) in [5.41, 5.74) is 0.566. The van der Waals surface area contributed by atoms with Crippen molar-refractivity contribution in [3.8, 4) is 11.3 Å². The predicted octanol–water partition coefficient (Wildman–Crippen LogP) is 3.91. The number of benzene rings is 1. The van der Waals surface area contributed by atoms with Crippen molar-refractivity contribution in [2.45, 2.75) is 45.1 Å². The van der Waals surface area contributed by atoms with E-state index in [0.29, 0.717) is 24.2 Å². The molecule has 0 bridgehead atoms. The van der Waals surface area contributed by atoms with Crippen LogP contribution in [0.1, 0.15) is 60.4 Å². The topological polar surface area (TPSA) is 96.6 Å². The highest BCUT2D eigenvalue weighted by molar-refractivity contribution is 5.95. The fraction of sp³-hybridized carbons (Fsp3) is 0.381. The summed E-state index contributed by atoms with van der Waals surface area (Å²) in [7, 11) is 0. The highest BCUT2D eigenvalue weighted by atomic mass is 16.4. The van der Waals surface area contributed by atoms with E-state index in [-0.39, 0.29) is 11.5 Å². The van der Waals surface area contributed by atoms with Crippen LogP contribution < -0.4 is 5.32 Å². The summed E-state index contributed by atoms with van der Waals surface area (Å²) in [5.74, 6) is -1.28. The lowest BCUT2D eigenvalue weighted by molar-refractivity contribution is -0.145. The average Bonchev–Trinajstić information content (AvgIpc) is 3.12. The van der Waals surface area contributed by atoms with E-state index in [0.717, 1.165) is 18.4 Å². The summed E-state index contributed by atoms with van der Waals surface area (Å²) in [6.07, 6.45) is 2.91. The van der Waals surface area contributed by atoms with E-state index in [2.05, 4.69) is 5.32 Å². The van der Waals surface area contributed by atoms with E-state index in [1.54, 1.807) is 43.3 Å². The number of amides is 1. The number of ketones is 1. The Hall–Kier alpha value is -2.89. The van der Waals surface area contributed by atoms with E-state index < -0.39 is 23.3 Å². The number of hydrogen-bond donors (Lipinski definition) is 2. The zero-order valence-electron chi connectivity index (χ0n) is 15.5. The Labute approximate surface area is 157 Å². The molecule has 1 aromatic carbocycles. The monoisotopic (exact) mass is 369 g/mol. The van der Waals surface area contributed by atoms with Gasteiger partial charge in [-0.2, -0.15) is 0 Å². The van der Waals surface area contributed by atoms with Gasteiger partial charge < -0.3 is 14.8 Å². The van der Waals surface area contributed by atoms with Gasteiger partial charge >= 0.3 is 5.97 Å². The Morgan fingerprint density at radius 3 is 2.44 bits per heavy atom. The molecule has 0 saturated heterocycles. The predicted molar refractivity (Wildman–Crippen MR) is 99.6 cm³/mol. The molecule has 1 aliphatic carbocycles. The van der Waals surface area contributed by atoms with E-state index in [4.69, 9.17) is 4.42 Å². The van der Waals surface area contributed by atoms with Crippen LogP contribution in [-0.2, 0) is 4.79 Å². The fourth-order valence-corrected chi connectivity index (χ4v) is 3.68. The molecule has 2 atom stereocenters. The van der Waals surface area contributed by atoms with Crippen molar-refractivity contribution >= 4 is 17.7 Å². The summed E-state index contributed by atoms with van der Waals surface area (Å²) >= 11 is 0. The van der Waals surface area contributed by atoms with Crippen molar-refractivity contribution < 1.29 is 23.9 Å². The molecule has 1 fully saturated rings. The number of carbonyl (C=O) groups is 3. The summed E-state index contributed by atoms with van der Waals surface area (Å²) in [5, 5.41) is 12.3. The maximum atomic E-state index is 12.6. The van der Waals surface area contributed by atoms with Crippen LogP contribution in [0.2, 0.25) is 0 Å². The van der Waals surface area contributed by atoms with Gasteiger partial charge in [-0.05, 0) is 38.8 Å². The number of carboxylic acids is 1. The molecule has 2 N–H and O–H groups in total. The molecule has 0 spiro atoms. The van der Waals surface area contributed by atoms with Crippen molar-refractivity contribution in [2.75, 3.05) is 0 Å². The van der Waals surface area contributed by atoms with Crippen molar-refractivity contribution in [3.05, 3.63) is 47.7 Å². The minimum atomic E-state index is -0.886. The number of rotatable bonds is 5. The Balaban J connectivity index is 1.76. The third kappa shape index (κ3) is 3.94. The SMILES string of the molecule is CC(=O)c1ccc(-c2ccc(C(=O)NC3(C)CCCCC3C(=O)O)o2)cc1. The number of hydrogen-bond acceptors (Lipinski definition) is 4. The molecule has 1 heterocycles. The summed E-state index contributed by atoms with van der Waals surface area (Å²) in [6, 6.07) is 10.2. The van der Waals surface area contributed by atoms with Crippen LogP contribution in [0.5, 0.6) is 0 Å². The highest BCUT2D eigenvalue weighted by Gasteiger charge is 2.42. The molecule has 0 aliphatic heterocycles. The standard InChI is InChI=1S/C21H23NO5/c1-13(23)14-6-8-15(9-7-14)17-10-11-18(27-17)19(24)22-21(2)12-4-3-5-16(21)20(25)26/h6-11,16H,3-5,12H2,1-2H3,(H,22,24)(H,25,26). The molecule has 1 saturated carbocycles. The molecular weight excluding hydrogens is 346 g/mol. The maximum Gasteiger partial charge on any atom is 0.308 e. The second kappa shape index (κ2) is 7.39. The van der Waals surface area contributed by atoms with Crippen LogP contribution in [0.4, 0.5) is 0 Å². The first kappa shape index (κ1) is 18.9. The van der Waals surface area contributed by atoms with Crippen molar-refractivity contribution in [1.82, 2.24) is 5.32 Å². The van der Waals surface area contributed by atoms with Crippen molar-refractivity contribution in [1.29, 1.82) is 0 Å². The van der Waals surface area contributed by atoms with Gasteiger partial charge in [0.05, 0.1) is 11.5 Å². The second-order valence-corrected chi connectivity index (χ2v) is 7.31. The Bertz CT molecular complexity index is 867. The Morgan fingerprint density at radius 2 is 1.81 bits per heavy atom. The lowest BCUT2D eigenvalue weighted by atomic mass is 9.74. The fourth-order valence-electron chi connectivity index (χ4n) is 3.68. The van der Waals surface area contributed by atoms with Crippen molar-refractivity contribution in [3.63, 3.8) is 0 Å². The molecule has 1 amide bonds. The van der Waals surface area contributed by atoms with E-state index in [9.17, 15) is 19.5 Å². The molecule has 6 heteroatoms. The number of nitrogens with one attached hydrogen (secondary N) is 1. The summed E-state index contributed by atoms with van der Waals surface area (Å²) in [6.45, 7) is 3.29. The molecule has 6 nitrogen and oxygen atoms in total. The van der Waals surface area contributed by atoms with Gasteiger partial charge in [0.15, 0.2) is 11.5 Å². The van der Waals surface area contributed by atoms with E-state index in [1.165, 1.54) is 6.92 Å². The van der Waals surface area contributed by atoms with Gasteiger partial charge in [-0.25, -0.2) is 0 Å². The molecule has 2 aromatic rings. The van der Waals surface area contributed by atoms with Gasteiger partial charge in [-0.15, -0.1) is 0 Å². The lowest BCUT2D eigenvalue weighted by Gasteiger charge is -2.39. The van der Waals surface area contributed by atoms with Crippen LogP contribution in [-0.4, -0.2) is 28.3 Å². The molecule has 142 valence electrons. The van der Waals surface area contributed by atoms with Crippen LogP contribution in [0, 0.1) is 5.92 Å². The zero-order valence-corrected chi connectivity index (χ0v) is 15.5. The minimum absolute atomic E-state index is 0.0187. The van der Waals surface area contributed by atoms with Gasteiger partial charge in [0.2, 0.25) is 0 Å². The average molecular weight is 369 g/mol. The van der Waals surface area contributed by atoms with Crippen LogP contribution >= 0.6 is 0 Å². The maximum absolute atomic E-state index is 12.6. The number of carbonyl (C=O) groups excluding carboxylic acids is 2.